The molecule has 1 aliphatic rings. The zero-order chi connectivity index (χ0) is 14.8. The van der Waals surface area contributed by atoms with Crippen LogP contribution in [0.15, 0.2) is 23.6 Å². The molecule has 0 unspecified atom stereocenters. The summed E-state index contributed by atoms with van der Waals surface area (Å²) in [5.41, 5.74) is 9.94. The maximum absolute atomic E-state index is 5.92. The minimum Gasteiger partial charge on any atom is -0.399 e. The molecule has 1 aliphatic heterocycles. The van der Waals surface area contributed by atoms with Crippen molar-refractivity contribution in [2.24, 2.45) is 0 Å². The van der Waals surface area contributed by atoms with Crippen molar-refractivity contribution in [1.29, 1.82) is 0 Å². The van der Waals surface area contributed by atoms with Gasteiger partial charge in [-0.25, -0.2) is 0 Å². The van der Waals surface area contributed by atoms with E-state index in [1.807, 2.05) is 30.4 Å². The summed E-state index contributed by atoms with van der Waals surface area (Å²) < 4.78 is 5.90. The van der Waals surface area contributed by atoms with Gasteiger partial charge in [-0.05, 0) is 43.0 Å². The number of nitrogens with zero attached hydrogens (tertiary/aromatic N) is 2. The lowest BCUT2D eigenvalue weighted by molar-refractivity contribution is -0.0347. The summed E-state index contributed by atoms with van der Waals surface area (Å²) in [4.78, 5) is 8.45. The Morgan fingerprint density at radius 1 is 1.43 bits per heavy atom. The summed E-state index contributed by atoms with van der Waals surface area (Å²) in [7, 11) is 0. The van der Waals surface area contributed by atoms with E-state index in [9.17, 15) is 0 Å². The molecule has 5 heteroatoms. The summed E-state index contributed by atoms with van der Waals surface area (Å²) in [5, 5.41) is 2.16. The highest BCUT2D eigenvalue weighted by atomic mass is 32.1. The Bertz CT molecular complexity index is 605. The highest BCUT2D eigenvalue weighted by Gasteiger charge is 2.24. The van der Waals surface area contributed by atoms with Gasteiger partial charge in [0.25, 0.3) is 0 Å². The van der Waals surface area contributed by atoms with Crippen LogP contribution in [0.4, 0.5) is 5.69 Å². The first-order valence-corrected chi connectivity index (χ1v) is 8.11. The molecule has 0 aromatic carbocycles. The Morgan fingerprint density at radius 2 is 2.29 bits per heavy atom. The van der Waals surface area contributed by atoms with Gasteiger partial charge in [0.1, 0.15) is 6.10 Å². The molecule has 0 saturated carbocycles. The predicted octanol–water partition coefficient (Wildman–Crippen LogP) is 2.92. The number of ether oxygens (including phenoxy) is 1. The minimum absolute atomic E-state index is 0.0150. The quantitative estimate of drug-likeness (QED) is 0.947. The average Bonchev–Trinajstić information content (AvgIpc) is 2.84. The standard InChI is InChI=1S/C16H21N3OS/c1-11-3-6-21-16(11)10-19-4-5-20-15(9-19)14-8-13(17)7-12(2)18-14/h3,6-8,15H,4-5,9-10H2,1-2H3,(H2,17,18)/t15-/m1/s1. The topological polar surface area (TPSA) is 51.4 Å². The number of pyridine rings is 1. The van der Waals surface area contributed by atoms with E-state index in [0.29, 0.717) is 0 Å². The minimum atomic E-state index is 0.0150. The van der Waals surface area contributed by atoms with E-state index in [-0.39, 0.29) is 6.10 Å². The average molecular weight is 303 g/mol. The van der Waals surface area contributed by atoms with Gasteiger partial charge in [0, 0.05) is 35.9 Å². The fourth-order valence-electron chi connectivity index (χ4n) is 2.68. The van der Waals surface area contributed by atoms with Gasteiger partial charge in [-0.1, -0.05) is 0 Å². The van der Waals surface area contributed by atoms with Crippen LogP contribution in [0.1, 0.15) is 27.9 Å². The molecule has 1 saturated heterocycles. The lowest BCUT2D eigenvalue weighted by Gasteiger charge is -2.32. The first-order chi connectivity index (χ1) is 10.1. The molecular formula is C16H21N3OS. The van der Waals surface area contributed by atoms with E-state index in [1.165, 1.54) is 10.4 Å². The second kappa shape index (κ2) is 6.13. The molecule has 2 aromatic heterocycles. The second-order valence-electron chi connectivity index (χ2n) is 5.59. The summed E-state index contributed by atoms with van der Waals surface area (Å²) in [6.07, 6.45) is 0.0150. The van der Waals surface area contributed by atoms with E-state index in [2.05, 4.69) is 28.3 Å². The van der Waals surface area contributed by atoms with Crippen LogP contribution in [-0.2, 0) is 11.3 Å². The van der Waals surface area contributed by atoms with Crippen LogP contribution in [0.5, 0.6) is 0 Å². The van der Waals surface area contributed by atoms with Crippen LogP contribution < -0.4 is 5.73 Å². The Kier molecular flexibility index (Phi) is 4.24. The molecule has 0 amide bonds. The largest absolute Gasteiger partial charge is 0.399 e. The number of morpholine rings is 1. The number of rotatable bonds is 3. The van der Waals surface area contributed by atoms with Gasteiger partial charge in [-0.3, -0.25) is 9.88 Å². The molecule has 4 nitrogen and oxygen atoms in total. The van der Waals surface area contributed by atoms with Crippen molar-refractivity contribution < 1.29 is 4.74 Å². The Morgan fingerprint density at radius 3 is 3.00 bits per heavy atom. The van der Waals surface area contributed by atoms with Crippen molar-refractivity contribution in [1.82, 2.24) is 9.88 Å². The number of aryl methyl sites for hydroxylation is 2. The molecule has 1 fully saturated rings. The van der Waals surface area contributed by atoms with Crippen LogP contribution in [0.3, 0.4) is 0 Å². The van der Waals surface area contributed by atoms with E-state index in [1.54, 1.807) is 0 Å². The van der Waals surface area contributed by atoms with Gasteiger partial charge in [0.05, 0.1) is 12.3 Å². The normalized spacial score (nSPS) is 19.8. The zero-order valence-electron chi connectivity index (χ0n) is 12.5. The molecule has 0 bridgehead atoms. The highest BCUT2D eigenvalue weighted by molar-refractivity contribution is 7.10. The number of thiophene rings is 1. The molecule has 3 rings (SSSR count). The van der Waals surface area contributed by atoms with Gasteiger partial charge < -0.3 is 10.5 Å². The molecule has 0 spiro atoms. The number of hydrogen-bond donors (Lipinski definition) is 1. The maximum atomic E-state index is 5.92. The third-order valence-electron chi connectivity index (χ3n) is 3.81. The lowest BCUT2D eigenvalue weighted by Crippen LogP contribution is -2.38. The van der Waals surface area contributed by atoms with Crippen molar-refractivity contribution in [3.8, 4) is 0 Å². The summed E-state index contributed by atoms with van der Waals surface area (Å²) in [5.74, 6) is 0. The monoisotopic (exact) mass is 303 g/mol. The molecular weight excluding hydrogens is 282 g/mol. The Labute approximate surface area is 129 Å². The Hall–Kier alpha value is -1.43. The molecule has 112 valence electrons. The maximum Gasteiger partial charge on any atom is 0.112 e. The van der Waals surface area contributed by atoms with Crippen LogP contribution in [-0.4, -0.2) is 29.6 Å². The molecule has 0 aliphatic carbocycles. The number of nitrogen functional groups attached to an aromatic ring is 1. The predicted molar refractivity (Wildman–Crippen MR) is 86.4 cm³/mol. The van der Waals surface area contributed by atoms with Gasteiger partial charge >= 0.3 is 0 Å². The van der Waals surface area contributed by atoms with Crippen LogP contribution in [0.25, 0.3) is 0 Å². The van der Waals surface area contributed by atoms with Crippen molar-refractivity contribution >= 4 is 17.0 Å². The fraction of sp³-hybridized carbons (Fsp3) is 0.438. The third kappa shape index (κ3) is 3.43. The first kappa shape index (κ1) is 14.5. The van der Waals surface area contributed by atoms with E-state index >= 15 is 0 Å². The first-order valence-electron chi connectivity index (χ1n) is 7.23. The van der Waals surface area contributed by atoms with Crippen LogP contribution >= 0.6 is 11.3 Å². The number of nitrogens with two attached hydrogens (primary N) is 1. The molecule has 2 N–H and O–H groups in total. The number of aromatic nitrogens is 1. The van der Waals surface area contributed by atoms with Gasteiger partial charge in [-0.15, -0.1) is 11.3 Å². The zero-order valence-corrected chi connectivity index (χ0v) is 13.3. The van der Waals surface area contributed by atoms with Crippen molar-refractivity contribution in [2.75, 3.05) is 25.4 Å². The van der Waals surface area contributed by atoms with Gasteiger partial charge in [-0.2, -0.15) is 0 Å². The Balaban J connectivity index is 1.72. The van der Waals surface area contributed by atoms with Gasteiger partial charge in [0.15, 0.2) is 0 Å². The van der Waals surface area contributed by atoms with Crippen LogP contribution in [0, 0.1) is 13.8 Å². The molecule has 1 atom stereocenters. The number of hydrogen-bond acceptors (Lipinski definition) is 5. The second-order valence-corrected chi connectivity index (χ2v) is 6.59. The fourth-order valence-corrected chi connectivity index (χ4v) is 3.63. The molecule has 2 aromatic rings. The van der Waals surface area contributed by atoms with Crippen molar-refractivity contribution in [3.05, 3.63) is 45.4 Å². The van der Waals surface area contributed by atoms with E-state index < -0.39 is 0 Å². The smallest absolute Gasteiger partial charge is 0.112 e. The number of anilines is 1. The van der Waals surface area contributed by atoms with Crippen LogP contribution in [0.2, 0.25) is 0 Å². The van der Waals surface area contributed by atoms with Crippen molar-refractivity contribution in [3.63, 3.8) is 0 Å². The lowest BCUT2D eigenvalue weighted by atomic mass is 10.1. The van der Waals surface area contributed by atoms with E-state index in [4.69, 9.17) is 10.5 Å². The molecule has 21 heavy (non-hydrogen) atoms. The summed E-state index contributed by atoms with van der Waals surface area (Å²) in [6.45, 7) is 7.71. The third-order valence-corrected chi connectivity index (χ3v) is 4.82. The summed E-state index contributed by atoms with van der Waals surface area (Å²) in [6, 6.07) is 6.00. The van der Waals surface area contributed by atoms with Gasteiger partial charge in [0.2, 0.25) is 0 Å². The summed E-state index contributed by atoms with van der Waals surface area (Å²) >= 11 is 1.83. The van der Waals surface area contributed by atoms with E-state index in [0.717, 1.165) is 43.3 Å². The molecule has 3 heterocycles. The SMILES string of the molecule is Cc1cc(N)cc([C@H]2CN(Cc3sccc3C)CCO2)n1. The highest BCUT2D eigenvalue weighted by Crippen LogP contribution is 2.25. The molecule has 0 radical (unpaired) electrons. The van der Waals surface area contributed by atoms with Crippen molar-refractivity contribution in [2.45, 2.75) is 26.5 Å².